The minimum Gasteiger partial charge on any atom is -0.491 e. The average Bonchev–Trinajstić information content (AvgIpc) is 2.60. The zero-order chi connectivity index (χ0) is 17.4. The van der Waals surface area contributed by atoms with Crippen LogP contribution in [-0.2, 0) is 4.74 Å². The predicted octanol–water partition coefficient (Wildman–Crippen LogP) is 4.71. The molecule has 0 spiro atoms. The number of anilines is 1. The van der Waals surface area contributed by atoms with Crippen molar-refractivity contribution >= 4 is 24.2 Å². The fourth-order valence-electron chi connectivity index (χ4n) is 3.18. The van der Waals surface area contributed by atoms with Crippen molar-refractivity contribution in [2.45, 2.75) is 51.0 Å². The molecule has 0 aromatic heterocycles. The van der Waals surface area contributed by atoms with E-state index < -0.39 is 6.09 Å². The first-order valence-corrected chi connectivity index (χ1v) is 8.90. The van der Waals surface area contributed by atoms with Crippen LogP contribution in [0.15, 0.2) is 24.3 Å². The summed E-state index contributed by atoms with van der Waals surface area (Å²) in [7, 11) is 4.14. The van der Waals surface area contributed by atoms with Crippen LogP contribution < -0.4 is 10.1 Å². The zero-order valence-electron chi connectivity index (χ0n) is 15.5. The van der Waals surface area contributed by atoms with E-state index in [1.807, 2.05) is 24.3 Å². The highest BCUT2D eigenvalue weighted by Gasteiger charge is 2.35. The molecule has 0 radical (unpaired) electrons. The molecule has 5 nitrogen and oxygen atoms in total. The Balaban J connectivity index is 0.00000312. The summed E-state index contributed by atoms with van der Waals surface area (Å²) < 4.78 is 11.2. The summed E-state index contributed by atoms with van der Waals surface area (Å²) in [6.45, 7) is 3.09. The maximum Gasteiger partial charge on any atom is 0.411 e. The lowest BCUT2D eigenvalue weighted by molar-refractivity contribution is 0.0263. The van der Waals surface area contributed by atoms with Crippen LogP contribution in [0.4, 0.5) is 10.5 Å². The smallest absolute Gasteiger partial charge is 0.411 e. The number of nitrogens with one attached hydrogen (secondary N) is 1. The minimum absolute atomic E-state index is 0. The van der Waals surface area contributed by atoms with E-state index in [0.29, 0.717) is 24.7 Å². The van der Waals surface area contributed by atoms with Crippen molar-refractivity contribution in [1.82, 2.24) is 4.90 Å². The fraction of sp³-hybridized carbons (Fsp3) is 0.632. The quantitative estimate of drug-likeness (QED) is 0.755. The molecule has 1 aromatic rings. The summed E-state index contributed by atoms with van der Waals surface area (Å²) in [5.41, 5.74) is 0.617. The van der Waals surface area contributed by atoms with E-state index in [4.69, 9.17) is 9.47 Å². The molecule has 0 saturated heterocycles. The van der Waals surface area contributed by atoms with Gasteiger partial charge in [0, 0.05) is 0 Å². The lowest BCUT2D eigenvalue weighted by Crippen LogP contribution is -2.50. The maximum atomic E-state index is 12.2. The topological polar surface area (TPSA) is 50.8 Å². The van der Waals surface area contributed by atoms with Crippen LogP contribution in [0.5, 0.6) is 5.75 Å². The lowest BCUT2D eigenvalue weighted by atomic mass is 9.81. The van der Waals surface area contributed by atoms with Gasteiger partial charge in [0.15, 0.2) is 0 Å². The number of carbonyl (C=O) groups excluding carboxylic acids is 1. The normalized spacial score (nSPS) is 16.0. The van der Waals surface area contributed by atoms with Crippen LogP contribution in [0.1, 0.15) is 45.4 Å². The average molecular weight is 371 g/mol. The van der Waals surface area contributed by atoms with Crippen molar-refractivity contribution in [3.8, 4) is 5.75 Å². The van der Waals surface area contributed by atoms with Gasteiger partial charge in [-0.2, -0.15) is 0 Å². The third kappa shape index (κ3) is 6.08. The van der Waals surface area contributed by atoms with Gasteiger partial charge in [-0.05, 0) is 45.5 Å². The summed E-state index contributed by atoms with van der Waals surface area (Å²) in [4.78, 5) is 14.4. The van der Waals surface area contributed by atoms with Gasteiger partial charge in [-0.25, -0.2) is 4.79 Å². The first kappa shape index (κ1) is 21.6. The van der Waals surface area contributed by atoms with Gasteiger partial charge >= 0.3 is 6.09 Å². The molecule has 0 bridgehead atoms. The number of nitrogens with zero attached hydrogens (tertiary/aromatic N) is 1. The molecule has 1 aromatic carbocycles. The second kappa shape index (κ2) is 10.5. The number of rotatable bonds is 7. The van der Waals surface area contributed by atoms with Crippen LogP contribution in [-0.4, -0.2) is 43.8 Å². The number of carbonyl (C=O) groups is 1. The van der Waals surface area contributed by atoms with Crippen molar-refractivity contribution in [1.29, 1.82) is 0 Å². The predicted molar refractivity (Wildman–Crippen MR) is 104 cm³/mol. The Morgan fingerprint density at radius 3 is 2.52 bits per heavy atom. The first-order valence-electron chi connectivity index (χ1n) is 8.90. The van der Waals surface area contributed by atoms with Crippen LogP contribution in [0.3, 0.4) is 0 Å². The van der Waals surface area contributed by atoms with Gasteiger partial charge < -0.3 is 14.4 Å². The molecule has 1 N–H and O–H groups in total. The molecule has 1 saturated carbocycles. The molecule has 25 heavy (non-hydrogen) atoms. The molecule has 1 amide bonds. The van der Waals surface area contributed by atoms with Crippen molar-refractivity contribution in [2.75, 3.05) is 32.6 Å². The Hall–Kier alpha value is -1.46. The lowest BCUT2D eigenvalue weighted by Gasteiger charge is -2.42. The van der Waals surface area contributed by atoms with Crippen LogP contribution in [0.25, 0.3) is 0 Å². The first-order chi connectivity index (χ1) is 11.6. The number of hydrogen-bond acceptors (Lipinski definition) is 4. The third-order valence-electron chi connectivity index (χ3n) is 4.79. The van der Waals surface area contributed by atoms with Gasteiger partial charge in [-0.3, -0.25) is 5.32 Å². The Kier molecular flexibility index (Phi) is 9.08. The second-order valence-electron chi connectivity index (χ2n) is 6.73. The molecule has 0 unspecified atom stereocenters. The van der Waals surface area contributed by atoms with E-state index in [2.05, 4.69) is 31.2 Å². The monoisotopic (exact) mass is 370 g/mol. The van der Waals surface area contributed by atoms with Crippen molar-refractivity contribution in [3.63, 3.8) is 0 Å². The molecule has 0 aliphatic heterocycles. The van der Waals surface area contributed by atoms with Crippen LogP contribution in [0.2, 0.25) is 0 Å². The van der Waals surface area contributed by atoms with Gasteiger partial charge in [-0.1, -0.05) is 38.3 Å². The Morgan fingerprint density at radius 2 is 1.88 bits per heavy atom. The molecular formula is C19H31ClN2O3. The Bertz CT molecular complexity index is 531. The number of para-hydroxylation sites is 2. The highest BCUT2D eigenvalue weighted by Crippen LogP contribution is 2.32. The van der Waals surface area contributed by atoms with Crippen molar-refractivity contribution in [3.05, 3.63) is 24.3 Å². The molecule has 2 rings (SSSR count). The van der Waals surface area contributed by atoms with Crippen molar-refractivity contribution in [2.24, 2.45) is 0 Å². The Labute approximate surface area is 157 Å². The van der Waals surface area contributed by atoms with Crippen molar-refractivity contribution < 1.29 is 14.3 Å². The Morgan fingerprint density at radius 1 is 1.20 bits per heavy atom. The van der Waals surface area contributed by atoms with Gasteiger partial charge in [0.2, 0.25) is 0 Å². The summed E-state index contributed by atoms with van der Waals surface area (Å²) in [6.07, 6.45) is 6.30. The van der Waals surface area contributed by atoms with E-state index in [1.165, 1.54) is 19.3 Å². The number of benzene rings is 1. The van der Waals surface area contributed by atoms with Crippen LogP contribution in [0, 0.1) is 0 Å². The maximum absolute atomic E-state index is 12.2. The van der Waals surface area contributed by atoms with E-state index >= 15 is 0 Å². The highest BCUT2D eigenvalue weighted by molar-refractivity contribution is 5.86. The fourth-order valence-corrected chi connectivity index (χ4v) is 3.18. The van der Waals surface area contributed by atoms with E-state index in [-0.39, 0.29) is 17.9 Å². The SMILES string of the molecule is CCCOc1ccccc1NC(=O)OCC1(N(C)C)CCCCC1.Cl. The molecule has 0 atom stereocenters. The zero-order valence-corrected chi connectivity index (χ0v) is 16.4. The number of halogens is 1. The third-order valence-corrected chi connectivity index (χ3v) is 4.79. The number of amides is 1. The highest BCUT2D eigenvalue weighted by atomic mass is 35.5. The molecule has 6 heteroatoms. The summed E-state index contributed by atoms with van der Waals surface area (Å²) >= 11 is 0. The standard InChI is InChI=1S/C19H30N2O3.ClH/c1-4-14-23-17-11-7-6-10-16(17)20-18(22)24-15-19(21(2)3)12-8-5-9-13-19;/h6-7,10-11H,4-5,8-9,12-15H2,1-3H3,(H,20,22);1H. The minimum atomic E-state index is -0.422. The molecule has 1 fully saturated rings. The largest absolute Gasteiger partial charge is 0.491 e. The van der Waals surface area contributed by atoms with Gasteiger partial charge in [0.25, 0.3) is 0 Å². The van der Waals surface area contributed by atoms with E-state index in [0.717, 1.165) is 19.3 Å². The number of ether oxygens (including phenoxy) is 2. The molecule has 1 aliphatic carbocycles. The molecular weight excluding hydrogens is 340 g/mol. The number of likely N-dealkylation sites (N-methyl/N-ethyl adjacent to an activating group) is 1. The van der Waals surface area contributed by atoms with E-state index in [1.54, 1.807) is 0 Å². The number of hydrogen-bond donors (Lipinski definition) is 1. The van der Waals surface area contributed by atoms with Crippen LogP contribution >= 0.6 is 12.4 Å². The molecule has 142 valence electrons. The van der Waals surface area contributed by atoms with Gasteiger partial charge in [-0.15, -0.1) is 12.4 Å². The summed E-state index contributed by atoms with van der Waals surface area (Å²) in [6, 6.07) is 7.45. The summed E-state index contributed by atoms with van der Waals surface area (Å²) in [5, 5.41) is 2.81. The van der Waals surface area contributed by atoms with Gasteiger partial charge in [0.1, 0.15) is 12.4 Å². The second-order valence-corrected chi connectivity index (χ2v) is 6.73. The van der Waals surface area contributed by atoms with E-state index in [9.17, 15) is 4.79 Å². The summed E-state index contributed by atoms with van der Waals surface area (Å²) in [5.74, 6) is 0.677. The molecule has 0 heterocycles. The van der Waals surface area contributed by atoms with Gasteiger partial charge in [0.05, 0.1) is 17.8 Å². The molecule has 1 aliphatic rings.